The van der Waals surface area contributed by atoms with Crippen LogP contribution in [0.15, 0.2) is 12.4 Å². The van der Waals surface area contributed by atoms with Gasteiger partial charge in [-0.2, -0.15) is 0 Å². The Hall–Kier alpha value is -1.52. The Morgan fingerprint density at radius 1 is 1.78 bits per heavy atom. The maximum atomic E-state index is 10.0. The van der Waals surface area contributed by atoms with Gasteiger partial charge < -0.3 is 10.3 Å². The molecule has 2 N–H and O–H groups in total. The molecule has 1 aromatic rings. The van der Waals surface area contributed by atoms with Crippen LogP contribution in [0.4, 0.5) is 0 Å². The van der Waals surface area contributed by atoms with Crippen LogP contribution in [-0.2, 0) is 0 Å². The van der Waals surface area contributed by atoms with E-state index in [2.05, 4.69) is 5.10 Å². The minimum absolute atomic E-state index is 0.0301. The first kappa shape index (κ1) is 5.61. The number of carboxylic acid groups (broad SMARTS) is 1. The smallest absolute Gasteiger partial charge is 0.339 e. The van der Waals surface area contributed by atoms with Crippen molar-refractivity contribution in [1.82, 2.24) is 9.94 Å². The third-order valence-electron chi connectivity index (χ3n) is 0.817. The predicted molar refractivity (Wildman–Crippen MR) is 26.4 cm³/mol. The average Bonchev–Trinajstić information content (AvgIpc) is 2.14. The van der Waals surface area contributed by atoms with Gasteiger partial charge in [0, 0.05) is 0 Å². The van der Waals surface area contributed by atoms with Gasteiger partial charge in [0.2, 0.25) is 0 Å². The monoisotopic (exact) mass is 128 g/mol. The fourth-order valence-corrected chi connectivity index (χ4v) is 0.423. The average molecular weight is 128 g/mol. The highest BCUT2D eigenvalue weighted by molar-refractivity contribution is 5.86. The number of carbonyl (C=O) groups is 1. The van der Waals surface area contributed by atoms with Crippen molar-refractivity contribution in [2.75, 3.05) is 0 Å². The maximum Gasteiger partial charge on any atom is 0.339 e. The topological polar surface area (TPSA) is 75.3 Å². The summed E-state index contributed by atoms with van der Waals surface area (Å²) in [5.41, 5.74) is -0.0301. The van der Waals surface area contributed by atoms with E-state index in [1.165, 1.54) is 0 Å². The fourth-order valence-electron chi connectivity index (χ4n) is 0.423. The summed E-state index contributed by atoms with van der Waals surface area (Å²) < 4.78 is 0. The molecule has 1 rings (SSSR count). The van der Waals surface area contributed by atoms with E-state index in [4.69, 9.17) is 10.3 Å². The van der Waals surface area contributed by atoms with Crippen LogP contribution in [0.25, 0.3) is 0 Å². The van der Waals surface area contributed by atoms with Gasteiger partial charge in [-0.15, -0.1) is 9.94 Å². The molecule has 0 radical (unpaired) electrons. The minimum atomic E-state index is -1.10. The van der Waals surface area contributed by atoms with Crippen LogP contribution in [-0.4, -0.2) is 26.2 Å². The molecule has 0 amide bonds. The summed E-state index contributed by atoms with van der Waals surface area (Å²) in [6, 6.07) is 0. The predicted octanol–water partition coefficient (Wildman–Crippen LogP) is -0.181. The first-order valence-corrected chi connectivity index (χ1v) is 2.17. The Kier molecular flexibility index (Phi) is 1.11. The van der Waals surface area contributed by atoms with Crippen molar-refractivity contribution in [1.29, 1.82) is 0 Å². The van der Waals surface area contributed by atoms with E-state index in [9.17, 15) is 4.79 Å². The summed E-state index contributed by atoms with van der Waals surface area (Å²) in [7, 11) is 0. The van der Waals surface area contributed by atoms with E-state index in [-0.39, 0.29) is 5.56 Å². The normalized spacial score (nSPS) is 9.33. The summed E-state index contributed by atoms with van der Waals surface area (Å²) in [5.74, 6) is -1.10. The Balaban J connectivity index is 2.98. The highest BCUT2D eigenvalue weighted by Gasteiger charge is 2.03. The van der Waals surface area contributed by atoms with Gasteiger partial charge in [0.25, 0.3) is 0 Å². The number of hydrogen-bond donors (Lipinski definition) is 2. The van der Waals surface area contributed by atoms with Crippen molar-refractivity contribution >= 4 is 5.97 Å². The van der Waals surface area contributed by atoms with Crippen LogP contribution in [0.3, 0.4) is 0 Å². The zero-order valence-corrected chi connectivity index (χ0v) is 4.35. The Morgan fingerprint density at radius 2 is 2.44 bits per heavy atom. The Morgan fingerprint density at radius 3 is 2.67 bits per heavy atom. The summed E-state index contributed by atoms with van der Waals surface area (Å²) in [6.45, 7) is 0. The Labute approximate surface area is 50.1 Å². The highest BCUT2D eigenvalue weighted by Crippen LogP contribution is 1.93. The lowest BCUT2D eigenvalue weighted by Gasteiger charge is -1.80. The standard InChI is InChI=1S/C4H4N2O3/c7-4(8)3-1-5-6(9)2-3/h1-2,9H,(H,7,8). The van der Waals surface area contributed by atoms with Crippen molar-refractivity contribution in [2.24, 2.45) is 0 Å². The van der Waals surface area contributed by atoms with Crippen LogP contribution in [0, 0.1) is 0 Å². The van der Waals surface area contributed by atoms with Gasteiger partial charge in [-0.05, 0) is 0 Å². The molecule has 0 aromatic carbocycles. The lowest BCUT2D eigenvalue weighted by Crippen LogP contribution is -1.93. The summed E-state index contributed by atoms with van der Waals surface area (Å²) in [5, 5.41) is 19.9. The van der Waals surface area contributed by atoms with Crippen LogP contribution in [0.5, 0.6) is 0 Å². The first-order valence-electron chi connectivity index (χ1n) is 2.17. The molecule has 0 fully saturated rings. The molecule has 48 valence electrons. The fraction of sp³-hybridized carbons (Fsp3) is 0. The molecule has 0 spiro atoms. The van der Waals surface area contributed by atoms with E-state index in [0.717, 1.165) is 12.4 Å². The summed E-state index contributed by atoms with van der Waals surface area (Å²) >= 11 is 0. The molecular formula is C4H4N2O3. The number of carboxylic acids is 1. The van der Waals surface area contributed by atoms with E-state index >= 15 is 0 Å². The molecule has 0 aliphatic rings. The van der Waals surface area contributed by atoms with Gasteiger partial charge >= 0.3 is 5.97 Å². The Bertz CT molecular complexity index is 229. The lowest BCUT2D eigenvalue weighted by molar-refractivity contribution is 0.0694. The van der Waals surface area contributed by atoms with Crippen molar-refractivity contribution in [3.05, 3.63) is 18.0 Å². The zero-order chi connectivity index (χ0) is 6.85. The van der Waals surface area contributed by atoms with E-state index < -0.39 is 5.97 Å². The maximum absolute atomic E-state index is 10.0. The molecule has 0 bridgehead atoms. The van der Waals surface area contributed by atoms with Gasteiger partial charge in [0.1, 0.15) is 5.56 Å². The quantitative estimate of drug-likeness (QED) is 0.514. The van der Waals surface area contributed by atoms with Gasteiger partial charge in [-0.25, -0.2) is 4.79 Å². The van der Waals surface area contributed by atoms with Crippen LogP contribution in [0.1, 0.15) is 10.4 Å². The van der Waals surface area contributed by atoms with E-state index in [1.807, 2.05) is 0 Å². The molecule has 0 aliphatic heterocycles. The molecule has 5 heteroatoms. The van der Waals surface area contributed by atoms with E-state index in [1.54, 1.807) is 0 Å². The number of aromatic nitrogens is 2. The van der Waals surface area contributed by atoms with Gasteiger partial charge in [-0.3, -0.25) is 0 Å². The molecule has 5 nitrogen and oxygen atoms in total. The van der Waals surface area contributed by atoms with Crippen LogP contribution in [0.2, 0.25) is 0 Å². The van der Waals surface area contributed by atoms with Crippen LogP contribution >= 0.6 is 0 Å². The largest absolute Gasteiger partial charge is 0.478 e. The molecular weight excluding hydrogens is 124 g/mol. The van der Waals surface area contributed by atoms with Crippen molar-refractivity contribution < 1.29 is 15.1 Å². The number of hydrogen-bond acceptors (Lipinski definition) is 3. The van der Waals surface area contributed by atoms with E-state index in [0.29, 0.717) is 4.85 Å². The molecule has 0 atom stereocenters. The second-order valence-electron chi connectivity index (χ2n) is 1.45. The summed E-state index contributed by atoms with van der Waals surface area (Å²) in [6.07, 6.45) is 2.06. The SMILES string of the molecule is O=C(O)c1cnn(O)c1. The van der Waals surface area contributed by atoms with Crippen molar-refractivity contribution in [2.45, 2.75) is 0 Å². The third-order valence-corrected chi connectivity index (χ3v) is 0.817. The number of nitrogens with zero attached hydrogens (tertiary/aromatic N) is 2. The van der Waals surface area contributed by atoms with Crippen molar-refractivity contribution in [3.63, 3.8) is 0 Å². The number of aromatic carboxylic acids is 1. The second kappa shape index (κ2) is 1.77. The highest BCUT2D eigenvalue weighted by atomic mass is 16.5. The summed E-state index contributed by atoms with van der Waals surface area (Å²) in [4.78, 5) is 10.5. The minimum Gasteiger partial charge on any atom is -0.478 e. The molecule has 1 heterocycles. The first-order chi connectivity index (χ1) is 4.20. The zero-order valence-electron chi connectivity index (χ0n) is 4.35. The molecule has 1 aromatic heterocycles. The number of rotatable bonds is 1. The molecule has 0 saturated heterocycles. The van der Waals surface area contributed by atoms with Gasteiger partial charge in [-0.1, -0.05) is 0 Å². The molecule has 0 saturated carbocycles. The lowest BCUT2D eigenvalue weighted by atomic mass is 10.4. The molecule has 0 aliphatic carbocycles. The third kappa shape index (κ3) is 0.987. The van der Waals surface area contributed by atoms with Crippen molar-refractivity contribution in [3.8, 4) is 0 Å². The molecule has 9 heavy (non-hydrogen) atoms. The molecule has 0 unspecified atom stereocenters. The second-order valence-corrected chi connectivity index (χ2v) is 1.45. The van der Waals surface area contributed by atoms with Gasteiger partial charge in [0.05, 0.1) is 12.4 Å². The van der Waals surface area contributed by atoms with Crippen LogP contribution < -0.4 is 0 Å². The van der Waals surface area contributed by atoms with Gasteiger partial charge in [0.15, 0.2) is 0 Å².